The van der Waals surface area contributed by atoms with Crippen LogP contribution in [0.15, 0.2) is 24.3 Å². The molecule has 0 radical (unpaired) electrons. The molecule has 0 aromatic rings. The molecule has 5 N–H and O–H groups in total. The molecule has 4 rings (SSSR count). The van der Waals surface area contributed by atoms with E-state index < -0.39 is 122 Å². The van der Waals surface area contributed by atoms with Crippen LogP contribution in [0.4, 0.5) is 52.7 Å². The number of hydrogen-bond donors (Lipinski definition) is 5. The molecule has 0 bridgehead atoms. The van der Waals surface area contributed by atoms with E-state index >= 15 is 0 Å². The number of carbonyl (C=O) groups is 1. The van der Waals surface area contributed by atoms with E-state index in [1.165, 1.54) is 0 Å². The maximum Gasteiger partial charge on any atom is 0.429 e. The third-order valence-corrected chi connectivity index (χ3v) is 15.8. The number of hydrogen-bond acceptors (Lipinski definition) is 6. The van der Waals surface area contributed by atoms with Crippen molar-refractivity contribution in [3.63, 3.8) is 0 Å². The fraction of sp³-hybridized carbons (Fsp3) is 0.896. The number of rotatable bonds is 16. The first kappa shape index (κ1) is 41.9. The van der Waals surface area contributed by atoms with Crippen LogP contribution in [0.25, 0.3) is 0 Å². The van der Waals surface area contributed by atoms with Crippen LogP contribution in [0.2, 0.25) is 0 Å². The predicted molar refractivity (Wildman–Crippen MR) is 226 cm³/mol. The van der Waals surface area contributed by atoms with Crippen molar-refractivity contribution in [1.82, 2.24) is 0 Å². The lowest BCUT2D eigenvalue weighted by Gasteiger charge is -2.50. The van der Waals surface area contributed by atoms with Crippen LogP contribution in [0.1, 0.15) is 187 Å². The topological polar surface area (TPSA) is 118 Å². The van der Waals surface area contributed by atoms with E-state index in [0.717, 1.165) is 0 Å². The predicted octanol–water partition coefficient (Wildman–Crippen LogP) is 12.8. The number of halogens is 12. The number of Topliss-reactive ketones (excluding diaryl/α,β-unsaturated/α-hetero) is 1. The molecule has 4 aliphatic rings. The zero-order valence-electron chi connectivity index (χ0n) is 49.6. The first-order valence-corrected chi connectivity index (χ1v) is 22.3. The Bertz CT molecular complexity index is 2050. The minimum atomic E-state index is -6.05. The van der Waals surface area contributed by atoms with Gasteiger partial charge < -0.3 is 25.5 Å². The van der Waals surface area contributed by atoms with Crippen molar-refractivity contribution in [3.05, 3.63) is 24.3 Å². The van der Waals surface area contributed by atoms with Gasteiger partial charge in [-0.3, -0.25) is 4.79 Å². The van der Waals surface area contributed by atoms with E-state index in [4.69, 9.17) is 16.4 Å². The van der Waals surface area contributed by atoms with Gasteiger partial charge in [0.25, 0.3) is 11.2 Å². The highest BCUT2D eigenvalue weighted by Crippen LogP contribution is 2.64. The van der Waals surface area contributed by atoms with Crippen molar-refractivity contribution in [2.24, 2.45) is 45.3 Å². The van der Waals surface area contributed by atoms with Gasteiger partial charge in [0.2, 0.25) is 0 Å². The Hall–Kier alpha value is -1.89. The smallest absolute Gasteiger partial charge is 0.393 e. The molecule has 0 amide bonds. The first-order chi connectivity index (χ1) is 34.5. The van der Waals surface area contributed by atoms with E-state index in [1.807, 2.05) is 13.8 Å². The molecular weight excluding hydrogens is 900 g/mol. The molecule has 18 heteroatoms. The zero-order valence-corrected chi connectivity index (χ0v) is 37.6. The standard InChI is InChI=1S/C24H38F6O3.C24H36F6O3/c2*1-19(2,32)11-6-12-20(3,13-7-15-22(33,23(25,26)27)24(28,29)30)18-10-9-16-17(31)8-5-14-21(16,18)4/h7,15-18,31-33H,5-6,8-14H2,1-4H3;7,15-16,18,32-33H,5-6,8-14H2,1-4H3/b2*15-7-/t16?,17-,18+,20?,21-;16?,18-,20?,21+/m01/s1/i2*1D3,2D3. The van der Waals surface area contributed by atoms with Crippen molar-refractivity contribution in [2.75, 3.05) is 0 Å². The molecule has 4 saturated carbocycles. The second-order valence-electron chi connectivity index (χ2n) is 20.7. The SMILES string of the molecule is [2H]C([2H])([2H])C(O)(CCCC(C)(C/C=C\C(O)(C(F)(F)F)C(F)(F)F)[C@H]1CCC2C(=O)CCC[C@@]21C)C([2H])([2H])[2H].[2H]C([2H])([2H])C(O)(CCCC(C)(C/C=C\C(O)(C(F)(F)F)C(F)(F)F)[C@H]1CCC2[C@@H](O)CCC[C@@]21C)C([2H])([2H])[2H]. The molecule has 0 aromatic carbocycles. The van der Waals surface area contributed by atoms with E-state index in [1.54, 1.807) is 13.8 Å². The average Bonchev–Trinajstić information content (AvgIpc) is 3.79. The van der Waals surface area contributed by atoms with Crippen LogP contribution in [-0.2, 0) is 4.79 Å². The number of alkyl halides is 12. The zero-order chi connectivity index (χ0) is 61.0. The Kier molecular flexibility index (Phi) is 12.7. The highest BCUT2D eigenvalue weighted by molar-refractivity contribution is 5.83. The maximum absolute atomic E-state index is 13.2. The summed E-state index contributed by atoms with van der Waals surface area (Å²) < 4.78 is 249. The van der Waals surface area contributed by atoms with Crippen molar-refractivity contribution >= 4 is 5.78 Å². The van der Waals surface area contributed by atoms with Crippen LogP contribution >= 0.6 is 0 Å². The molecule has 9 atom stereocenters. The molecule has 6 nitrogen and oxygen atoms in total. The quantitative estimate of drug-likeness (QED) is 0.0777. The van der Waals surface area contributed by atoms with Gasteiger partial charge in [-0.2, -0.15) is 52.7 Å². The Balaban J connectivity index is 0.000000410. The summed E-state index contributed by atoms with van der Waals surface area (Å²) in [7, 11) is 0. The first-order valence-electron chi connectivity index (χ1n) is 28.3. The summed E-state index contributed by atoms with van der Waals surface area (Å²) >= 11 is 0. The number of aliphatic hydroxyl groups is 5. The third-order valence-electron chi connectivity index (χ3n) is 15.8. The number of allylic oxidation sites excluding steroid dienone is 2. The Morgan fingerprint density at radius 1 is 0.591 bits per heavy atom. The Labute approximate surface area is 398 Å². The summed E-state index contributed by atoms with van der Waals surface area (Å²) in [6.45, 7) is -6.13. The lowest BCUT2D eigenvalue weighted by Crippen LogP contribution is -2.55. The molecule has 0 aromatic heterocycles. The van der Waals surface area contributed by atoms with E-state index in [-0.39, 0.29) is 73.7 Å². The van der Waals surface area contributed by atoms with Gasteiger partial charge in [0, 0.05) is 28.8 Å². The minimum absolute atomic E-state index is 0.0225. The number of carbonyl (C=O) groups excluding carboxylic acids is 1. The van der Waals surface area contributed by atoms with Crippen LogP contribution in [-0.4, -0.2) is 84.5 Å². The van der Waals surface area contributed by atoms with Gasteiger partial charge in [-0.05, 0) is 169 Å². The summed E-state index contributed by atoms with van der Waals surface area (Å²) in [6.07, 6.45) is -21.5. The van der Waals surface area contributed by atoms with E-state index in [2.05, 4.69) is 0 Å². The van der Waals surface area contributed by atoms with Crippen molar-refractivity contribution < 1.29 is 99.5 Å². The highest BCUT2D eigenvalue weighted by atomic mass is 19.4. The van der Waals surface area contributed by atoms with Gasteiger partial charge >= 0.3 is 24.7 Å². The van der Waals surface area contributed by atoms with Crippen LogP contribution in [0.3, 0.4) is 0 Å². The van der Waals surface area contributed by atoms with Crippen LogP contribution in [0, 0.1) is 45.3 Å². The van der Waals surface area contributed by atoms with Gasteiger partial charge in [-0.15, -0.1) is 0 Å². The molecule has 4 fully saturated rings. The monoisotopic (exact) mass is 987 g/mol. The van der Waals surface area contributed by atoms with Crippen LogP contribution < -0.4 is 0 Å². The highest BCUT2D eigenvalue weighted by Gasteiger charge is 2.70. The molecule has 4 aliphatic carbocycles. The fourth-order valence-corrected chi connectivity index (χ4v) is 12.4. The molecular formula is C48H74F12O6. The molecule has 0 heterocycles. The lowest BCUT2D eigenvalue weighted by atomic mass is 9.56. The van der Waals surface area contributed by atoms with Gasteiger partial charge in [0.05, 0.1) is 17.3 Å². The number of aliphatic hydroxyl groups excluding tert-OH is 1. The average molecular weight is 987 g/mol. The summed E-state index contributed by atoms with van der Waals surface area (Å²) in [5.74, 6) is -1.17. The molecule has 66 heavy (non-hydrogen) atoms. The minimum Gasteiger partial charge on any atom is -0.393 e. The van der Waals surface area contributed by atoms with Crippen LogP contribution in [0.5, 0.6) is 0 Å². The molecule has 386 valence electrons. The number of ketones is 1. The van der Waals surface area contributed by atoms with Crippen molar-refractivity contribution in [1.29, 1.82) is 0 Å². The summed E-state index contributed by atoms with van der Waals surface area (Å²) in [5, 5.41) is 50.9. The van der Waals surface area contributed by atoms with Gasteiger partial charge in [-0.1, -0.05) is 59.1 Å². The molecule has 4 unspecified atom stereocenters. The molecule has 0 saturated heterocycles. The second-order valence-corrected chi connectivity index (χ2v) is 20.7. The Morgan fingerprint density at radius 3 is 1.39 bits per heavy atom. The number of fused-ring (bicyclic) bond motifs is 2. The summed E-state index contributed by atoms with van der Waals surface area (Å²) in [5.41, 5.74) is -19.6. The molecule has 0 aliphatic heterocycles. The fourth-order valence-electron chi connectivity index (χ4n) is 12.4. The van der Waals surface area contributed by atoms with Crippen molar-refractivity contribution in [2.45, 2.75) is 224 Å². The molecule has 0 spiro atoms. The summed E-state index contributed by atoms with van der Waals surface area (Å²) in [4.78, 5) is 12.6. The second kappa shape index (κ2) is 20.1. The van der Waals surface area contributed by atoms with Gasteiger partial charge in [0.1, 0.15) is 5.78 Å². The normalized spacial score (nSPS) is 34.0. The van der Waals surface area contributed by atoms with E-state index in [9.17, 15) is 83.0 Å². The Morgan fingerprint density at radius 2 is 0.985 bits per heavy atom. The van der Waals surface area contributed by atoms with Crippen molar-refractivity contribution in [3.8, 4) is 0 Å². The van der Waals surface area contributed by atoms with E-state index in [0.29, 0.717) is 76.4 Å². The largest absolute Gasteiger partial charge is 0.429 e. The van der Waals surface area contributed by atoms with Gasteiger partial charge in [-0.25, -0.2) is 0 Å². The lowest BCUT2D eigenvalue weighted by molar-refractivity contribution is -0.348. The summed E-state index contributed by atoms with van der Waals surface area (Å²) in [6, 6.07) is 0. The third kappa shape index (κ3) is 12.9. The maximum atomic E-state index is 13.2. The van der Waals surface area contributed by atoms with Gasteiger partial charge in [0.15, 0.2) is 0 Å².